The lowest BCUT2D eigenvalue weighted by Crippen LogP contribution is -2.03. The third-order valence-corrected chi connectivity index (χ3v) is 2.23. The smallest absolute Gasteiger partial charge is 0.167 e. The molecule has 0 spiro atoms. The molecule has 1 aromatic carbocycles. The molecule has 0 aliphatic heterocycles. The summed E-state index contributed by atoms with van der Waals surface area (Å²) in [5.41, 5.74) is 1.00. The summed E-state index contributed by atoms with van der Waals surface area (Å²) in [6.07, 6.45) is 1.69. The molecule has 0 fully saturated rings. The monoisotopic (exact) mass is 247 g/mol. The van der Waals surface area contributed by atoms with Crippen LogP contribution in [0.3, 0.4) is 0 Å². The minimum atomic E-state index is 0.736. The fraction of sp³-hybridized carbons (Fsp3) is 0.400. The van der Waals surface area contributed by atoms with E-state index in [4.69, 9.17) is 9.47 Å². The van der Waals surface area contributed by atoms with Gasteiger partial charge in [0.1, 0.15) is 0 Å². The van der Waals surface area contributed by atoms with Crippen molar-refractivity contribution in [3.63, 3.8) is 0 Å². The van der Waals surface area contributed by atoms with Crippen LogP contribution in [-0.2, 0) is 0 Å². The van der Waals surface area contributed by atoms with Crippen LogP contribution in [0.15, 0.2) is 12.1 Å². The first-order valence-corrected chi connectivity index (χ1v) is 5.84. The average molecular weight is 247 g/mol. The molecule has 1 rings (SSSR count). The Hall–Kier alpha value is -0.600. The lowest BCUT2D eigenvalue weighted by atomic mass is 10.2. The van der Waals surface area contributed by atoms with E-state index in [0.717, 1.165) is 22.5 Å². The van der Waals surface area contributed by atoms with Crippen LogP contribution in [0.5, 0.6) is 11.5 Å². The number of methoxy groups -OCH3 is 2. The van der Waals surface area contributed by atoms with Crippen LogP contribution in [0.1, 0.15) is 0 Å². The molecule has 0 heterocycles. The zero-order valence-corrected chi connectivity index (χ0v) is 11.5. The highest BCUT2D eigenvalue weighted by Gasteiger charge is 2.07. The van der Waals surface area contributed by atoms with E-state index >= 15 is 0 Å². The van der Waals surface area contributed by atoms with Gasteiger partial charge in [0.25, 0.3) is 0 Å². The Bertz CT molecular complexity index is 308. The average Bonchev–Trinajstić information content (AvgIpc) is 2.30. The summed E-state index contributed by atoms with van der Waals surface area (Å²) in [5.74, 6) is 1.49. The second-order valence-corrected chi connectivity index (χ2v) is 3.17. The molecule has 1 aromatic rings. The lowest BCUT2D eigenvalue weighted by Gasteiger charge is -2.12. The summed E-state index contributed by atoms with van der Waals surface area (Å²) in [4.78, 5) is 0. The minimum Gasteiger partial charge on any atom is -0.493 e. The molecule has 1 unspecified atom stereocenters. The van der Waals surface area contributed by atoms with Crippen molar-refractivity contribution in [2.24, 2.45) is 0 Å². The zero-order valence-electron chi connectivity index (χ0n) is 9.50. The predicted octanol–water partition coefficient (Wildman–Crippen LogP) is 1.79. The van der Waals surface area contributed by atoms with E-state index in [2.05, 4.69) is 27.2 Å². The maximum Gasteiger partial charge on any atom is 0.167 e. The fourth-order valence-corrected chi connectivity index (χ4v) is 1.58. The molecule has 0 saturated heterocycles. The van der Waals surface area contributed by atoms with Gasteiger partial charge in [-0.05, 0) is 12.3 Å². The summed E-state index contributed by atoms with van der Waals surface area (Å²) in [6, 6.07) is 3.87. The molecule has 86 valence electrons. The van der Waals surface area contributed by atoms with Crippen molar-refractivity contribution in [1.82, 2.24) is 0 Å². The molecule has 5 heteroatoms. The van der Waals surface area contributed by atoms with Crippen molar-refractivity contribution in [2.45, 2.75) is 0 Å². The number of nitrogens with one attached hydrogen (secondary N) is 1. The lowest BCUT2D eigenvalue weighted by molar-refractivity contribution is 0.357. The molecule has 1 atom stereocenters. The third kappa shape index (κ3) is 3.80. The largest absolute Gasteiger partial charge is 0.493 e. The van der Waals surface area contributed by atoms with Gasteiger partial charge in [-0.3, -0.25) is 0 Å². The Morgan fingerprint density at radius 2 is 1.80 bits per heavy atom. The van der Waals surface area contributed by atoms with Gasteiger partial charge in [0, 0.05) is 24.1 Å². The van der Waals surface area contributed by atoms with E-state index in [9.17, 15) is 0 Å². The zero-order chi connectivity index (χ0) is 11.8. The van der Waals surface area contributed by atoms with Gasteiger partial charge < -0.3 is 14.8 Å². The van der Waals surface area contributed by atoms with Crippen LogP contribution in [0.25, 0.3) is 0 Å². The van der Waals surface area contributed by atoms with Crippen molar-refractivity contribution in [1.29, 1.82) is 0 Å². The molecular weight excluding hydrogens is 229 g/mol. The Kier molecular flexibility index (Phi) is 7.35. The van der Waals surface area contributed by atoms with Crippen LogP contribution < -0.4 is 20.1 Å². The van der Waals surface area contributed by atoms with E-state index in [1.807, 2.05) is 19.2 Å². The van der Waals surface area contributed by atoms with Gasteiger partial charge in [-0.1, -0.05) is 0 Å². The second kappa shape index (κ2) is 7.66. The number of hydrogen-bond acceptors (Lipinski definition) is 4. The first-order chi connectivity index (χ1) is 7.22. The molecular formula is C10H18NO2PS. The summed E-state index contributed by atoms with van der Waals surface area (Å²) < 4.78 is 10.4. The Balaban J connectivity index is 0.000000921. The van der Waals surface area contributed by atoms with Crippen molar-refractivity contribution < 1.29 is 9.47 Å². The van der Waals surface area contributed by atoms with Crippen LogP contribution in [-0.4, -0.2) is 27.5 Å². The molecule has 0 bridgehead atoms. The molecule has 0 aliphatic rings. The maximum absolute atomic E-state index is 5.19. The van der Waals surface area contributed by atoms with Gasteiger partial charge in [-0.25, -0.2) is 0 Å². The van der Waals surface area contributed by atoms with Crippen LogP contribution in [0, 0.1) is 0 Å². The minimum absolute atomic E-state index is 0.736. The second-order valence-electron chi connectivity index (χ2n) is 2.55. The first kappa shape index (κ1) is 14.4. The van der Waals surface area contributed by atoms with Gasteiger partial charge >= 0.3 is 0 Å². The van der Waals surface area contributed by atoms with Gasteiger partial charge in [0.15, 0.2) is 11.5 Å². The number of benzene rings is 1. The molecule has 0 amide bonds. The Morgan fingerprint density at radius 3 is 2.20 bits per heavy atom. The highest BCUT2D eigenvalue weighted by atomic mass is 32.1. The van der Waals surface area contributed by atoms with Crippen molar-refractivity contribution in [3.05, 3.63) is 12.1 Å². The topological polar surface area (TPSA) is 30.5 Å². The molecule has 0 aliphatic carbocycles. The van der Waals surface area contributed by atoms with Crippen molar-refractivity contribution in [2.75, 3.05) is 32.8 Å². The van der Waals surface area contributed by atoms with E-state index < -0.39 is 0 Å². The Morgan fingerprint density at radius 1 is 1.20 bits per heavy atom. The molecule has 3 nitrogen and oxygen atoms in total. The predicted molar refractivity (Wildman–Crippen MR) is 73.3 cm³/mol. The number of thiol groups is 1. The highest BCUT2D eigenvalue weighted by Crippen LogP contribution is 2.29. The SMILES string of the molecule is CNc1cc(P)c(OC)c(OC)c1.CS. The normalized spacial score (nSPS) is 8.67. The standard InChI is InChI=1S/C9H14NO2P.CH4S/c1-10-6-4-7(11-2)9(12-3)8(13)5-6;1-2/h4-5,10H,13H2,1-3H3;2H,1H3. The van der Waals surface area contributed by atoms with E-state index in [0.29, 0.717) is 0 Å². The summed E-state index contributed by atoms with van der Waals surface area (Å²) in [7, 11) is 7.74. The van der Waals surface area contributed by atoms with E-state index in [1.54, 1.807) is 20.5 Å². The van der Waals surface area contributed by atoms with E-state index in [1.165, 1.54) is 0 Å². The van der Waals surface area contributed by atoms with Crippen LogP contribution >= 0.6 is 21.9 Å². The summed E-state index contributed by atoms with van der Waals surface area (Å²) >= 11 is 3.53. The molecule has 15 heavy (non-hydrogen) atoms. The van der Waals surface area contributed by atoms with Crippen molar-refractivity contribution in [3.8, 4) is 11.5 Å². The number of ether oxygens (including phenoxy) is 2. The van der Waals surface area contributed by atoms with Gasteiger partial charge in [0.05, 0.1) is 14.2 Å². The molecule has 0 radical (unpaired) electrons. The van der Waals surface area contributed by atoms with Gasteiger partial charge in [-0.2, -0.15) is 12.6 Å². The summed E-state index contributed by atoms with van der Waals surface area (Å²) in [5, 5.41) is 4.02. The summed E-state index contributed by atoms with van der Waals surface area (Å²) in [6.45, 7) is 0. The third-order valence-electron chi connectivity index (χ3n) is 1.80. The molecule has 0 saturated carbocycles. The van der Waals surface area contributed by atoms with Crippen LogP contribution in [0.4, 0.5) is 5.69 Å². The van der Waals surface area contributed by atoms with Gasteiger partial charge in [-0.15, -0.1) is 9.24 Å². The van der Waals surface area contributed by atoms with E-state index in [-0.39, 0.29) is 0 Å². The quantitative estimate of drug-likeness (QED) is 0.630. The van der Waals surface area contributed by atoms with Crippen molar-refractivity contribution >= 4 is 32.9 Å². The Labute approximate surface area is 99.2 Å². The number of anilines is 1. The molecule has 1 N–H and O–H groups in total. The van der Waals surface area contributed by atoms with Crippen LogP contribution in [0.2, 0.25) is 0 Å². The fourth-order valence-electron chi connectivity index (χ4n) is 1.14. The molecule has 0 aromatic heterocycles. The maximum atomic E-state index is 5.19. The number of rotatable bonds is 3. The first-order valence-electron chi connectivity index (χ1n) is 4.37. The van der Waals surface area contributed by atoms with Gasteiger partial charge in [0.2, 0.25) is 0 Å². The number of hydrogen-bond donors (Lipinski definition) is 2. The highest BCUT2D eigenvalue weighted by molar-refractivity contribution is 7.79.